The van der Waals surface area contributed by atoms with Gasteiger partial charge in [0.05, 0.1) is 89.5 Å². The zero-order valence-electron chi connectivity index (χ0n) is 44.9. The lowest BCUT2D eigenvalue weighted by Gasteiger charge is -2.51. The minimum atomic E-state index is -4.18. The summed E-state index contributed by atoms with van der Waals surface area (Å²) >= 11 is 0. The quantitative estimate of drug-likeness (QED) is 0.0675. The number of methoxy groups -OCH3 is 1. The van der Waals surface area contributed by atoms with Gasteiger partial charge in [-0.3, -0.25) is 0 Å². The van der Waals surface area contributed by atoms with E-state index in [4.69, 9.17) is 32.8 Å². The largest absolute Gasteiger partial charge is 0.408 e. The molecule has 70 heavy (non-hydrogen) atoms. The summed E-state index contributed by atoms with van der Waals surface area (Å²) in [5.74, 6) is -0.0350. The predicted octanol–water partition coefficient (Wildman–Crippen LogP) is 11.2. The van der Waals surface area contributed by atoms with Crippen LogP contribution in [0.1, 0.15) is 139 Å². The van der Waals surface area contributed by atoms with Crippen LogP contribution >= 0.6 is 0 Å². The van der Waals surface area contributed by atoms with Gasteiger partial charge < -0.3 is 42.7 Å². The number of benzene rings is 1. The highest BCUT2D eigenvalue weighted by atomic mass is 32.2. The average Bonchev–Trinajstić information content (AvgIpc) is 3.84. The van der Waals surface area contributed by atoms with Crippen molar-refractivity contribution < 1.29 is 51.2 Å². The van der Waals surface area contributed by atoms with Gasteiger partial charge in [0.1, 0.15) is 6.29 Å². The van der Waals surface area contributed by atoms with E-state index in [0.717, 1.165) is 56.0 Å². The highest BCUT2D eigenvalue weighted by Gasteiger charge is 2.57. The molecule has 13 heteroatoms. The van der Waals surface area contributed by atoms with E-state index >= 15 is 8.42 Å². The van der Waals surface area contributed by atoms with Crippen LogP contribution < -0.4 is 0 Å². The second kappa shape index (κ2) is 24.5. The maximum atomic E-state index is 15.4. The number of hydrogen-bond donors (Lipinski definition) is 1. The van der Waals surface area contributed by atoms with Crippen LogP contribution in [0, 0.1) is 29.6 Å². The molecular formula is C57H92O11SSi. The van der Waals surface area contributed by atoms with Gasteiger partial charge >= 0.3 is 0 Å². The lowest BCUT2D eigenvalue weighted by molar-refractivity contribution is -0.240. The number of rotatable bonds is 22. The summed E-state index contributed by atoms with van der Waals surface area (Å²) in [7, 11) is -4.66. The molecule has 5 fully saturated rings. The second-order valence-corrected chi connectivity index (χ2v) is 30.4. The maximum Gasteiger partial charge on any atom is 0.193 e. The van der Waals surface area contributed by atoms with Gasteiger partial charge in [-0.25, -0.2) is 8.42 Å². The van der Waals surface area contributed by atoms with E-state index in [0.29, 0.717) is 38.0 Å². The summed E-state index contributed by atoms with van der Waals surface area (Å²) in [6.45, 7) is 33.2. The number of ether oxygens (including phenoxy) is 6. The Kier molecular flexibility index (Phi) is 20.1. The molecule has 1 aromatic rings. The van der Waals surface area contributed by atoms with Gasteiger partial charge in [-0.15, -0.1) is 0 Å². The minimum Gasteiger partial charge on any atom is -0.408 e. The number of fused-ring (bicyclic) bond motifs is 1. The van der Waals surface area contributed by atoms with Crippen molar-refractivity contribution in [2.75, 3.05) is 7.11 Å². The van der Waals surface area contributed by atoms with Gasteiger partial charge in [-0.05, 0) is 123 Å². The van der Waals surface area contributed by atoms with Crippen LogP contribution in [0.2, 0.25) is 18.1 Å². The van der Waals surface area contributed by atoms with Crippen molar-refractivity contribution in [2.45, 2.75) is 247 Å². The summed E-state index contributed by atoms with van der Waals surface area (Å²) < 4.78 is 78.5. The molecule has 6 rings (SSSR count). The zero-order valence-corrected chi connectivity index (χ0v) is 46.7. The first-order valence-corrected chi connectivity index (χ1v) is 31.4. The van der Waals surface area contributed by atoms with Crippen LogP contribution in [0.25, 0.3) is 0 Å². The SMILES string of the molecule is C=C1C[C@H](CCC=O)OC1CC[C@H]1C[C@@H](C)C(=C)C(C[C@@H]2O[C@H](C[C@H](C)CC)[C@H](OC)[C@H]2C(C(O)CC2CCC3O[C@@H]([C@H](/C=C/C)O[Si](C)(C)C(C)(C)C)[C@@H](C)[C@@H](C)C3O2)S(=O)(=O)c2ccccc2)O1. The molecule has 1 aromatic carbocycles. The Morgan fingerprint density at radius 3 is 2.24 bits per heavy atom. The summed E-state index contributed by atoms with van der Waals surface area (Å²) in [5, 5.41) is 11.6. The van der Waals surface area contributed by atoms with Crippen molar-refractivity contribution in [1.29, 1.82) is 0 Å². The van der Waals surface area contributed by atoms with E-state index in [-0.39, 0.29) is 76.8 Å². The van der Waals surface area contributed by atoms with E-state index in [9.17, 15) is 9.90 Å². The first-order chi connectivity index (χ1) is 33.0. The van der Waals surface area contributed by atoms with E-state index < -0.39 is 65.9 Å². The molecule has 5 aliphatic heterocycles. The number of sulfone groups is 1. The molecule has 0 bridgehead atoms. The number of carbonyl (C=O) groups is 1. The molecule has 1 N–H and O–H groups in total. The lowest BCUT2D eigenvalue weighted by Crippen LogP contribution is -2.59. The summed E-state index contributed by atoms with van der Waals surface area (Å²) in [4.78, 5) is 11.2. The number of allylic oxidation sites excluding steroid dienone is 1. The summed E-state index contributed by atoms with van der Waals surface area (Å²) in [5.41, 5.74) is 2.03. The van der Waals surface area contributed by atoms with Crippen molar-refractivity contribution in [3.8, 4) is 0 Å². The first kappa shape index (κ1) is 57.2. The smallest absolute Gasteiger partial charge is 0.193 e. The van der Waals surface area contributed by atoms with Gasteiger partial charge in [0, 0.05) is 32.3 Å². The number of aliphatic hydroxyl groups is 1. The Hall–Kier alpha value is -2.04. The molecule has 5 heterocycles. The van der Waals surface area contributed by atoms with E-state index in [1.165, 1.54) is 0 Å². The Labute approximate surface area is 424 Å². The molecule has 11 nitrogen and oxygen atoms in total. The van der Waals surface area contributed by atoms with E-state index in [1.807, 2.05) is 13.0 Å². The van der Waals surface area contributed by atoms with Crippen molar-refractivity contribution in [2.24, 2.45) is 29.6 Å². The van der Waals surface area contributed by atoms with E-state index in [2.05, 4.69) is 93.8 Å². The fourth-order valence-electron chi connectivity index (χ4n) is 11.9. The molecule has 0 saturated carbocycles. The predicted molar refractivity (Wildman–Crippen MR) is 280 cm³/mol. The van der Waals surface area contributed by atoms with Crippen LogP contribution in [0.5, 0.6) is 0 Å². The van der Waals surface area contributed by atoms with Crippen LogP contribution in [0.4, 0.5) is 0 Å². The highest BCUT2D eigenvalue weighted by Crippen LogP contribution is 2.47. The minimum absolute atomic E-state index is 0.0163. The topological polar surface area (TPSA) is 136 Å². The second-order valence-electron chi connectivity index (χ2n) is 23.5. The van der Waals surface area contributed by atoms with Crippen LogP contribution in [0.15, 0.2) is 71.7 Å². The van der Waals surface area contributed by atoms with Crippen LogP contribution in [0.3, 0.4) is 0 Å². The molecule has 0 aromatic heterocycles. The van der Waals surface area contributed by atoms with Crippen molar-refractivity contribution >= 4 is 24.4 Å². The van der Waals surface area contributed by atoms with Gasteiger partial charge in [0.15, 0.2) is 18.2 Å². The van der Waals surface area contributed by atoms with Gasteiger partial charge in [0.2, 0.25) is 0 Å². The fraction of sp³-hybridized carbons (Fsp3) is 0.772. The molecule has 7 unspecified atom stereocenters. The normalized spacial score (nSPS) is 36.2. The monoisotopic (exact) mass is 1010 g/mol. The average molecular weight is 1010 g/mol. The van der Waals surface area contributed by atoms with Gasteiger partial charge in [0.25, 0.3) is 0 Å². The highest BCUT2D eigenvalue weighted by molar-refractivity contribution is 7.92. The maximum absolute atomic E-state index is 15.4. The molecule has 5 aliphatic rings. The Morgan fingerprint density at radius 1 is 0.900 bits per heavy atom. The van der Waals surface area contributed by atoms with Crippen molar-refractivity contribution in [1.82, 2.24) is 0 Å². The Bertz CT molecular complexity index is 2000. The van der Waals surface area contributed by atoms with Crippen molar-refractivity contribution in [3.05, 3.63) is 66.8 Å². The third kappa shape index (κ3) is 13.2. The molecular weight excluding hydrogens is 921 g/mol. The van der Waals surface area contributed by atoms with Gasteiger partial charge in [-0.2, -0.15) is 0 Å². The molecule has 19 atom stereocenters. The summed E-state index contributed by atoms with van der Waals surface area (Å²) in [6, 6.07) is 8.53. The molecule has 5 saturated heterocycles. The third-order valence-electron chi connectivity index (χ3n) is 17.6. The Balaban J connectivity index is 1.25. The van der Waals surface area contributed by atoms with Crippen LogP contribution in [-0.4, -0.2) is 120 Å². The molecule has 0 aliphatic carbocycles. The number of aliphatic hydroxyl groups excluding tert-OH is 1. The standard InChI is InChI=1S/C57H92O11SSi/c1-15-21-48(68-70(13,14)57(9,10)11)54-40(8)39(7)53-47(67-54)28-26-43(65-53)33-45(59)56(69(60,61)44-23-18-17-19-24-44)52-50(66-51(55(52)62-12)30-35(3)16-2)34-49-38(6)36(4)31-42(64-49)25-27-46-37(5)32-41(63-46)22-20-29-58/h15,17-19,21,23-24,29,35-36,39-43,45-56,59H,5-6,16,20,22,25-28,30-34H2,1-4,7-14H3/b21-15+/t35-,36-,39-,40+,41+,42+,43?,45?,46?,47?,48+,49?,50+,51-,52+,53?,54-,55+,56?/m1/s1. The summed E-state index contributed by atoms with van der Waals surface area (Å²) in [6.07, 6.45) is 8.35. The molecule has 396 valence electrons. The molecule has 0 spiro atoms. The molecule has 0 radical (unpaired) electrons. The zero-order chi connectivity index (χ0) is 51.3. The molecule has 0 amide bonds. The van der Waals surface area contributed by atoms with E-state index in [1.54, 1.807) is 31.4 Å². The fourth-order valence-corrected chi connectivity index (χ4v) is 15.3. The third-order valence-corrected chi connectivity index (χ3v) is 24.3. The number of aldehydes is 1. The first-order valence-electron chi connectivity index (χ1n) is 26.9. The van der Waals surface area contributed by atoms with Crippen molar-refractivity contribution in [3.63, 3.8) is 0 Å². The Morgan fingerprint density at radius 2 is 1.60 bits per heavy atom. The number of carbonyl (C=O) groups excluding carboxylic acids is 1. The van der Waals surface area contributed by atoms with Gasteiger partial charge in [-0.1, -0.05) is 105 Å². The number of hydrogen-bond acceptors (Lipinski definition) is 11. The lowest BCUT2D eigenvalue weighted by atomic mass is 9.77. The van der Waals surface area contributed by atoms with Crippen LogP contribution in [-0.2, 0) is 47.5 Å².